The Morgan fingerprint density at radius 1 is 1.13 bits per heavy atom. The van der Waals surface area contributed by atoms with Crippen LogP contribution in [0.3, 0.4) is 0 Å². The van der Waals surface area contributed by atoms with E-state index in [2.05, 4.69) is 10.6 Å². The topological polar surface area (TPSA) is 79.9 Å². The van der Waals surface area contributed by atoms with Crippen LogP contribution in [-0.4, -0.2) is 38.0 Å². The van der Waals surface area contributed by atoms with Crippen molar-refractivity contribution in [1.29, 1.82) is 0 Å². The summed E-state index contributed by atoms with van der Waals surface area (Å²) in [6.45, 7) is 6.59. The summed E-state index contributed by atoms with van der Waals surface area (Å²) in [5.41, 5.74) is 2.56. The molecule has 3 rings (SSSR count). The quantitative estimate of drug-likeness (QED) is 0.644. The van der Waals surface area contributed by atoms with Crippen LogP contribution in [0.4, 0.5) is 20.6 Å². The zero-order valence-corrected chi connectivity index (χ0v) is 17.3. The molecule has 7 nitrogen and oxygen atoms in total. The number of benzene rings is 2. The van der Waals surface area contributed by atoms with Crippen LogP contribution in [0.25, 0.3) is 0 Å². The molecule has 2 aromatic rings. The highest BCUT2D eigenvalue weighted by atomic mass is 19.1. The van der Waals surface area contributed by atoms with Crippen molar-refractivity contribution in [2.45, 2.75) is 33.1 Å². The number of amides is 3. The minimum atomic E-state index is -1.01. The highest BCUT2D eigenvalue weighted by molar-refractivity contribution is 6.07. The number of nitrogens with zero attached hydrogens (tertiary/aromatic N) is 1. The Balaban J connectivity index is 1.79. The predicted octanol–water partition coefficient (Wildman–Crippen LogP) is 3.74. The summed E-state index contributed by atoms with van der Waals surface area (Å²) in [6, 6.07) is 9.77. The van der Waals surface area contributed by atoms with Gasteiger partial charge in [0.05, 0.1) is 6.54 Å². The number of halogens is 1. The lowest BCUT2D eigenvalue weighted by atomic mass is 10.1. The van der Waals surface area contributed by atoms with Crippen LogP contribution in [-0.2, 0) is 14.3 Å². The van der Waals surface area contributed by atoms with Gasteiger partial charge in [-0.05, 0) is 51.1 Å². The number of fused-ring (bicyclic) bond motifs is 1. The van der Waals surface area contributed by atoms with Gasteiger partial charge in [-0.15, -0.1) is 0 Å². The summed E-state index contributed by atoms with van der Waals surface area (Å²) in [6.07, 6.45) is -0.623. The van der Waals surface area contributed by atoms with Crippen molar-refractivity contribution in [1.82, 2.24) is 5.32 Å². The van der Waals surface area contributed by atoms with E-state index in [-0.39, 0.29) is 12.5 Å². The average Bonchev–Trinajstić information content (AvgIpc) is 2.95. The molecule has 0 spiro atoms. The van der Waals surface area contributed by atoms with Crippen molar-refractivity contribution >= 4 is 23.3 Å². The van der Waals surface area contributed by atoms with Crippen LogP contribution in [0.1, 0.15) is 31.0 Å². The van der Waals surface area contributed by atoms with Gasteiger partial charge in [-0.25, -0.2) is 9.18 Å². The summed E-state index contributed by atoms with van der Waals surface area (Å²) >= 11 is 0. The molecule has 8 heteroatoms. The van der Waals surface area contributed by atoms with Gasteiger partial charge in [-0.2, -0.15) is 0 Å². The van der Waals surface area contributed by atoms with Gasteiger partial charge in [-0.1, -0.05) is 17.7 Å². The van der Waals surface area contributed by atoms with Gasteiger partial charge in [0, 0.05) is 30.2 Å². The summed E-state index contributed by atoms with van der Waals surface area (Å²) < 4.78 is 25.0. The first-order valence-electron chi connectivity index (χ1n) is 9.91. The first-order chi connectivity index (χ1) is 14.4. The van der Waals surface area contributed by atoms with Crippen LogP contribution in [0, 0.1) is 12.7 Å². The van der Waals surface area contributed by atoms with E-state index in [1.54, 1.807) is 12.1 Å². The molecule has 3 amide bonds. The van der Waals surface area contributed by atoms with E-state index in [1.165, 1.54) is 23.1 Å². The predicted molar refractivity (Wildman–Crippen MR) is 112 cm³/mol. The average molecular weight is 415 g/mol. The van der Waals surface area contributed by atoms with Gasteiger partial charge in [0.15, 0.2) is 6.29 Å². The van der Waals surface area contributed by atoms with Crippen LogP contribution in [0.5, 0.6) is 0 Å². The first-order valence-corrected chi connectivity index (χ1v) is 9.91. The lowest BCUT2D eigenvalue weighted by Crippen LogP contribution is -2.43. The zero-order valence-electron chi connectivity index (χ0n) is 17.3. The van der Waals surface area contributed by atoms with Crippen molar-refractivity contribution in [3.8, 4) is 0 Å². The molecule has 1 aliphatic rings. The molecule has 160 valence electrons. The Kier molecular flexibility index (Phi) is 7.02. The van der Waals surface area contributed by atoms with Gasteiger partial charge in [-0.3, -0.25) is 4.79 Å². The van der Waals surface area contributed by atoms with E-state index in [1.807, 2.05) is 32.9 Å². The summed E-state index contributed by atoms with van der Waals surface area (Å²) in [4.78, 5) is 27.1. The van der Waals surface area contributed by atoms with Crippen LogP contribution in [0.15, 0.2) is 42.5 Å². The third-order valence-electron chi connectivity index (χ3n) is 4.73. The van der Waals surface area contributed by atoms with E-state index in [9.17, 15) is 14.0 Å². The van der Waals surface area contributed by atoms with Crippen molar-refractivity contribution in [2.24, 2.45) is 0 Å². The molecule has 0 radical (unpaired) electrons. The van der Waals surface area contributed by atoms with Gasteiger partial charge in [0.25, 0.3) is 5.91 Å². The minimum absolute atomic E-state index is 0.136. The molecule has 0 saturated carbocycles. The van der Waals surface area contributed by atoms with Crippen LogP contribution >= 0.6 is 0 Å². The number of urea groups is 1. The Bertz CT molecular complexity index is 898. The van der Waals surface area contributed by atoms with Crippen molar-refractivity contribution in [3.63, 3.8) is 0 Å². The molecule has 1 heterocycles. The highest BCUT2D eigenvalue weighted by Crippen LogP contribution is 2.36. The van der Waals surface area contributed by atoms with E-state index in [0.29, 0.717) is 30.2 Å². The standard InChI is InChI=1S/C22H26FN3O4/c1-4-29-19(30-5-2)13-26-18-11-8-15(23)12-17(18)20(21(26)27)25-22(28)24-16-9-6-14(3)7-10-16/h6-12,19-20H,4-5,13H2,1-3H3,(H2,24,25,28). The monoisotopic (exact) mass is 415 g/mol. The number of aryl methyl sites for hydroxylation is 1. The third-order valence-corrected chi connectivity index (χ3v) is 4.73. The van der Waals surface area contributed by atoms with Gasteiger partial charge >= 0.3 is 6.03 Å². The second-order valence-electron chi connectivity index (χ2n) is 6.89. The number of hydrogen-bond acceptors (Lipinski definition) is 4. The number of ether oxygens (including phenoxy) is 2. The lowest BCUT2D eigenvalue weighted by Gasteiger charge is -2.24. The summed E-state index contributed by atoms with van der Waals surface area (Å²) in [7, 11) is 0. The molecule has 2 N–H and O–H groups in total. The normalized spacial score (nSPS) is 15.4. The third kappa shape index (κ3) is 4.95. The Morgan fingerprint density at radius 2 is 1.80 bits per heavy atom. The van der Waals surface area contributed by atoms with E-state index in [4.69, 9.17) is 9.47 Å². The molecular weight excluding hydrogens is 389 g/mol. The van der Waals surface area contributed by atoms with Gasteiger partial charge in [0.2, 0.25) is 0 Å². The highest BCUT2D eigenvalue weighted by Gasteiger charge is 2.39. The van der Waals surface area contributed by atoms with Crippen molar-refractivity contribution < 1.29 is 23.5 Å². The number of carbonyl (C=O) groups excluding carboxylic acids is 2. The number of nitrogens with one attached hydrogen (secondary N) is 2. The Labute approximate surface area is 175 Å². The van der Waals surface area contributed by atoms with E-state index in [0.717, 1.165) is 5.56 Å². The summed E-state index contributed by atoms with van der Waals surface area (Å²) in [5.74, 6) is -0.862. The van der Waals surface area contributed by atoms with E-state index >= 15 is 0 Å². The second-order valence-corrected chi connectivity index (χ2v) is 6.89. The molecule has 0 aromatic heterocycles. The molecule has 1 unspecified atom stereocenters. The smallest absolute Gasteiger partial charge is 0.320 e. The number of anilines is 2. The molecule has 0 bridgehead atoms. The van der Waals surface area contributed by atoms with Gasteiger partial charge in [0.1, 0.15) is 11.9 Å². The molecule has 2 aromatic carbocycles. The maximum absolute atomic E-state index is 13.9. The largest absolute Gasteiger partial charge is 0.351 e. The lowest BCUT2D eigenvalue weighted by molar-refractivity contribution is -0.135. The van der Waals surface area contributed by atoms with Crippen molar-refractivity contribution in [3.05, 3.63) is 59.4 Å². The Hall–Kier alpha value is -2.97. The summed E-state index contributed by atoms with van der Waals surface area (Å²) in [5, 5.41) is 5.35. The fraction of sp³-hybridized carbons (Fsp3) is 0.364. The maximum atomic E-state index is 13.9. The zero-order chi connectivity index (χ0) is 21.7. The molecule has 0 aliphatic carbocycles. The molecule has 1 atom stereocenters. The first kappa shape index (κ1) is 21.7. The molecule has 0 fully saturated rings. The molecule has 1 aliphatic heterocycles. The van der Waals surface area contributed by atoms with Crippen molar-refractivity contribution in [2.75, 3.05) is 30.0 Å². The number of hydrogen-bond donors (Lipinski definition) is 2. The minimum Gasteiger partial charge on any atom is -0.351 e. The van der Waals surface area contributed by atoms with Crippen LogP contribution in [0.2, 0.25) is 0 Å². The SMILES string of the molecule is CCOC(CN1C(=O)C(NC(=O)Nc2ccc(C)cc2)c2cc(F)ccc21)OCC. The molecule has 30 heavy (non-hydrogen) atoms. The fourth-order valence-corrected chi connectivity index (χ4v) is 3.35. The molecule has 0 saturated heterocycles. The molecular formula is C22H26FN3O4. The number of rotatable bonds is 8. The Morgan fingerprint density at radius 3 is 2.43 bits per heavy atom. The second kappa shape index (κ2) is 9.69. The number of carbonyl (C=O) groups is 2. The maximum Gasteiger partial charge on any atom is 0.320 e. The fourth-order valence-electron chi connectivity index (χ4n) is 3.35. The van der Waals surface area contributed by atoms with E-state index < -0.39 is 24.2 Å². The van der Waals surface area contributed by atoms with Crippen LogP contribution < -0.4 is 15.5 Å². The van der Waals surface area contributed by atoms with Gasteiger partial charge < -0.3 is 25.0 Å².